The lowest BCUT2D eigenvalue weighted by atomic mass is 10.1. The van der Waals surface area contributed by atoms with Gasteiger partial charge in [-0.15, -0.1) is 0 Å². The quantitative estimate of drug-likeness (QED) is 0.851. The molecule has 0 radical (unpaired) electrons. The number of rotatable bonds is 2. The average molecular weight is 267 g/mol. The lowest BCUT2D eigenvalue weighted by Crippen LogP contribution is -2.20. The van der Waals surface area contributed by atoms with Crippen LogP contribution in [0.5, 0.6) is 0 Å². The molecule has 1 aliphatic rings. The van der Waals surface area contributed by atoms with Crippen LogP contribution in [0.1, 0.15) is 16.7 Å². The number of nitrogen functional groups attached to an aromatic ring is 1. The van der Waals surface area contributed by atoms with Crippen molar-refractivity contribution in [2.75, 3.05) is 17.2 Å². The zero-order valence-electron chi connectivity index (χ0n) is 10.9. The van der Waals surface area contributed by atoms with Crippen molar-refractivity contribution in [2.45, 2.75) is 13.0 Å². The van der Waals surface area contributed by atoms with E-state index in [2.05, 4.69) is 11.0 Å². The molecule has 0 aromatic heterocycles. The molecule has 0 aliphatic carbocycles. The molecule has 0 spiro atoms. The second kappa shape index (κ2) is 4.86. The molecule has 0 unspecified atom stereocenters. The maximum Gasteiger partial charge on any atom is 0.123 e. The van der Waals surface area contributed by atoms with E-state index in [1.807, 2.05) is 18.2 Å². The minimum atomic E-state index is -0.314. The van der Waals surface area contributed by atoms with Gasteiger partial charge < -0.3 is 10.6 Å². The van der Waals surface area contributed by atoms with E-state index in [0.717, 1.165) is 24.3 Å². The van der Waals surface area contributed by atoms with Crippen LogP contribution in [-0.2, 0) is 13.0 Å². The highest BCUT2D eigenvalue weighted by atomic mass is 19.1. The fourth-order valence-electron chi connectivity index (χ4n) is 2.63. The Morgan fingerprint density at radius 1 is 1.25 bits per heavy atom. The van der Waals surface area contributed by atoms with Crippen LogP contribution in [-0.4, -0.2) is 6.54 Å². The molecule has 1 aliphatic heterocycles. The van der Waals surface area contributed by atoms with Crippen molar-refractivity contribution in [1.29, 1.82) is 5.26 Å². The van der Waals surface area contributed by atoms with Crippen molar-refractivity contribution in [3.05, 3.63) is 58.9 Å². The Hall–Kier alpha value is -2.54. The molecule has 2 aromatic carbocycles. The highest BCUT2D eigenvalue weighted by Crippen LogP contribution is 2.31. The first kappa shape index (κ1) is 12.5. The second-order valence-electron chi connectivity index (χ2n) is 4.97. The molecule has 3 rings (SSSR count). The van der Waals surface area contributed by atoms with E-state index in [4.69, 9.17) is 11.0 Å². The van der Waals surface area contributed by atoms with Crippen molar-refractivity contribution in [1.82, 2.24) is 0 Å². The Labute approximate surface area is 117 Å². The van der Waals surface area contributed by atoms with E-state index >= 15 is 0 Å². The number of nitriles is 1. The van der Waals surface area contributed by atoms with Gasteiger partial charge in [-0.2, -0.15) is 5.26 Å². The summed E-state index contributed by atoms with van der Waals surface area (Å²) in [7, 11) is 0. The van der Waals surface area contributed by atoms with Crippen molar-refractivity contribution < 1.29 is 4.39 Å². The molecular formula is C16H14FN3. The number of nitrogens with zero attached hydrogens (tertiary/aromatic N) is 2. The smallest absolute Gasteiger partial charge is 0.123 e. The molecule has 0 atom stereocenters. The molecule has 0 amide bonds. The SMILES string of the molecule is N#Cc1ccc(F)cc1CN1CCc2ccc(N)cc21. The van der Waals surface area contributed by atoms with Crippen LogP contribution >= 0.6 is 0 Å². The number of halogens is 1. The van der Waals surface area contributed by atoms with Gasteiger partial charge in [0.25, 0.3) is 0 Å². The fourth-order valence-corrected chi connectivity index (χ4v) is 2.63. The first-order chi connectivity index (χ1) is 9.67. The monoisotopic (exact) mass is 267 g/mol. The minimum Gasteiger partial charge on any atom is -0.399 e. The first-order valence-electron chi connectivity index (χ1n) is 6.49. The van der Waals surface area contributed by atoms with Crippen LogP contribution in [0.25, 0.3) is 0 Å². The van der Waals surface area contributed by atoms with Crippen LogP contribution in [0.4, 0.5) is 15.8 Å². The Balaban J connectivity index is 1.93. The van der Waals surface area contributed by atoms with E-state index < -0.39 is 0 Å². The number of fused-ring (bicyclic) bond motifs is 1. The molecule has 4 heteroatoms. The molecule has 0 saturated heterocycles. The lowest BCUT2D eigenvalue weighted by molar-refractivity contribution is 0.624. The van der Waals surface area contributed by atoms with E-state index in [9.17, 15) is 4.39 Å². The molecule has 0 fully saturated rings. The Kier molecular flexibility index (Phi) is 3.03. The lowest BCUT2D eigenvalue weighted by Gasteiger charge is -2.20. The van der Waals surface area contributed by atoms with Gasteiger partial charge in [0.05, 0.1) is 11.6 Å². The highest BCUT2D eigenvalue weighted by molar-refractivity contribution is 5.64. The van der Waals surface area contributed by atoms with Gasteiger partial charge in [0, 0.05) is 24.5 Å². The van der Waals surface area contributed by atoms with Crippen LogP contribution in [0.3, 0.4) is 0 Å². The van der Waals surface area contributed by atoms with E-state index in [0.29, 0.717) is 17.7 Å². The summed E-state index contributed by atoms with van der Waals surface area (Å²) in [6, 6.07) is 12.3. The molecule has 2 N–H and O–H groups in total. The van der Waals surface area contributed by atoms with Gasteiger partial charge in [-0.05, 0) is 47.9 Å². The third-order valence-electron chi connectivity index (χ3n) is 3.65. The van der Waals surface area contributed by atoms with Crippen molar-refractivity contribution in [3.63, 3.8) is 0 Å². The maximum atomic E-state index is 13.4. The predicted octanol–water partition coefficient (Wildman–Crippen LogP) is 2.84. The van der Waals surface area contributed by atoms with E-state index in [1.165, 1.54) is 23.8 Å². The molecule has 1 heterocycles. The van der Waals surface area contributed by atoms with Gasteiger partial charge in [-0.1, -0.05) is 6.07 Å². The fraction of sp³-hybridized carbons (Fsp3) is 0.188. The van der Waals surface area contributed by atoms with Crippen LogP contribution in [0.2, 0.25) is 0 Å². The predicted molar refractivity (Wildman–Crippen MR) is 76.7 cm³/mol. The van der Waals surface area contributed by atoms with Crippen molar-refractivity contribution >= 4 is 11.4 Å². The molecule has 100 valence electrons. The standard InChI is InChI=1S/C16H14FN3/c17-14-3-1-12(9-18)13(7-14)10-20-6-5-11-2-4-15(19)8-16(11)20/h1-4,7-8H,5-6,10,19H2. The molecular weight excluding hydrogens is 253 g/mol. The summed E-state index contributed by atoms with van der Waals surface area (Å²) in [4.78, 5) is 2.14. The topological polar surface area (TPSA) is 53.0 Å². The average Bonchev–Trinajstić information content (AvgIpc) is 2.82. The largest absolute Gasteiger partial charge is 0.399 e. The Morgan fingerprint density at radius 2 is 2.10 bits per heavy atom. The number of hydrogen-bond acceptors (Lipinski definition) is 3. The Bertz CT molecular complexity index is 703. The number of anilines is 2. The number of nitrogens with two attached hydrogens (primary N) is 1. The third kappa shape index (κ3) is 2.19. The van der Waals surface area contributed by atoms with Crippen molar-refractivity contribution in [2.24, 2.45) is 0 Å². The van der Waals surface area contributed by atoms with E-state index in [1.54, 1.807) is 0 Å². The van der Waals surface area contributed by atoms with Crippen LogP contribution < -0.4 is 10.6 Å². The summed E-state index contributed by atoms with van der Waals surface area (Å²) in [5.74, 6) is -0.314. The summed E-state index contributed by atoms with van der Waals surface area (Å²) in [5, 5.41) is 9.11. The number of hydrogen-bond donors (Lipinski definition) is 1. The van der Waals surface area contributed by atoms with Gasteiger partial charge >= 0.3 is 0 Å². The molecule has 0 saturated carbocycles. The minimum absolute atomic E-state index is 0.314. The summed E-state index contributed by atoms with van der Waals surface area (Å²) in [5.41, 5.74) is 10.1. The van der Waals surface area contributed by atoms with Crippen LogP contribution in [0.15, 0.2) is 36.4 Å². The normalized spacial score (nSPS) is 13.1. The zero-order valence-corrected chi connectivity index (χ0v) is 10.9. The van der Waals surface area contributed by atoms with E-state index in [-0.39, 0.29) is 5.82 Å². The summed E-state index contributed by atoms with van der Waals surface area (Å²) < 4.78 is 13.4. The van der Waals surface area contributed by atoms with Gasteiger partial charge in [0.15, 0.2) is 0 Å². The summed E-state index contributed by atoms with van der Waals surface area (Å²) in [6.07, 6.45) is 0.951. The maximum absolute atomic E-state index is 13.4. The Morgan fingerprint density at radius 3 is 2.90 bits per heavy atom. The van der Waals surface area contributed by atoms with Gasteiger partial charge in [0.1, 0.15) is 5.82 Å². The highest BCUT2D eigenvalue weighted by Gasteiger charge is 2.20. The van der Waals surface area contributed by atoms with Gasteiger partial charge in [-0.25, -0.2) is 4.39 Å². The summed E-state index contributed by atoms with van der Waals surface area (Å²) >= 11 is 0. The summed E-state index contributed by atoms with van der Waals surface area (Å²) in [6.45, 7) is 1.39. The molecule has 20 heavy (non-hydrogen) atoms. The number of benzene rings is 2. The molecule has 0 bridgehead atoms. The second-order valence-corrected chi connectivity index (χ2v) is 4.97. The molecule has 3 nitrogen and oxygen atoms in total. The van der Waals surface area contributed by atoms with Gasteiger partial charge in [-0.3, -0.25) is 0 Å². The molecule has 2 aromatic rings. The zero-order chi connectivity index (χ0) is 14.1. The first-order valence-corrected chi connectivity index (χ1v) is 6.49. The van der Waals surface area contributed by atoms with Crippen molar-refractivity contribution in [3.8, 4) is 6.07 Å². The third-order valence-corrected chi connectivity index (χ3v) is 3.65. The van der Waals surface area contributed by atoms with Crippen LogP contribution in [0, 0.1) is 17.1 Å². The van der Waals surface area contributed by atoms with Gasteiger partial charge in [0.2, 0.25) is 0 Å².